The van der Waals surface area contributed by atoms with Gasteiger partial charge >= 0.3 is 0 Å². The highest BCUT2D eigenvalue weighted by Gasteiger charge is 2.41. The minimum absolute atomic E-state index is 0.105. The summed E-state index contributed by atoms with van der Waals surface area (Å²) in [5.74, 6) is 2.36. The molecule has 16 heavy (non-hydrogen) atoms. The fourth-order valence-corrected chi connectivity index (χ4v) is 3.22. The minimum Gasteiger partial charge on any atom is -0.392 e. The second-order valence-electron chi connectivity index (χ2n) is 6.93. The summed E-state index contributed by atoms with van der Waals surface area (Å²) in [4.78, 5) is 2.43. The third kappa shape index (κ3) is 2.60. The maximum Gasteiger partial charge on any atom is 0.0631 e. The first-order chi connectivity index (χ1) is 7.40. The molecular weight excluding hydrogens is 198 g/mol. The van der Waals surface area contributed by atoms with Gasteiger partial charge in [-0.2, -0.15) is 0 Å². The Bertz CT molecular complexity index is 251. The van der Waals surface area contributed by atoms with E-state index in [0.717, 1.165) is 18.4 Å². The van der Waals surface area contributed by atoms with Gasteiger partial charge in [-0.3, -0.25) is 0 Å². The standard InChI is InChI=1S/C14H27NO/c1-10-7-12(10)9-15(4)8-11-5-6-14(2,3)13(11)16/h10-13,16H,5-9H2,1-4H3. The SMILES string of the molecule is CC1CC1CN(C)CC1CCC(C)(C)C1O. The van der Waals surface area contributed by atoms with Crippen molar-refractivity contribution in [2.24, 2.45) is 23.2 Å². The van der Waals surface area contributed by atoms with Crippen LogP contribution in [0.2, 0.25) is 0 Å². The summed E-state index contributed by atoms with van der Waals surface area (Å²) in [5, 5.41) is 10.2. The van der Waals surface area contributed by atoms with Gasteiger partial charge in [0.25, 0.3) is 0 Å². The summed E-state index contributed by atoms with van der Waals surface area (Å²) < 4.78 is 0. The Hall–Kier alpha value is -0.0800. The number of nitrogens with zero attached hydrogens (tertiary/aromatic N) is 1. The van der Waals surface area contributed by atoms with Crippen molar-refractivity contribution in [3.63, 3.8) is 0 Å². The van der Waals surface area contributed by atoms with E-state index in [9.17, 15) is 5.11 Å². The zero-order chi connectivity index (χ0) is 11.9. The number of rotatable bonds is 4. The molecular formula is C14H27NO. The van der Waals surface area contributed by atoms with E-state index in [1.807, 2.05) is 0 Å². The second-order valence-corrected chi connectivity index (χ2v) is 6.93. The quantitative estimate of drug-likeness (QED) is 0.794. The van der Waals surface area contributed by atoms with Crippen molar-refractivity contribution in [2.75, 3.05) is 20.1 Å². The Morgan fingerprint density at radius 2 is 1.81 bits per heavy atom. The average Bonchev–Trinajstić information content (AvgIpc) is 2.80. The van der Waals surface area contributed by atoms with E-state index >= 15 is 0 Å². The molecule has 4 atom stereocenters. The molecule has 0 saturated heterocycles. The first kappa shape index (κ1) is 12.4. The molecule has 0 bridgehead atoms. The van der Waals surface area contributed by atoms with Crippen LogP contribution in [0.15, 0.2) is 0 Å². The van der Waals surface area contributed by atoms with Crippen molar-refractivity contribution < 1.29 is 5.11 Å². The predicted molar refractivity (Wildman–Crippen MR) is 67.3 cm³/mol. The van der Waals surface area contributed by atoms with Crippen molar-refractivity contribution in [2.45, 2.75) is 46.1 Å². The van der Waals surface area contributed by atoms with E-state index in [2.05, 4.69) is 32.7 Å². The molecule has 2 rings (SSSR count). The Balaban J connectivity index is 1.77. The largest absolute Gasteiger partial charge is 0.392 e. The number of aliphatic hydroxyl groups is 1. The highest BCUT2D eigenvalue weighted by Crippen LogP contribution is 2.42. The Kier molecular flexibility index (Phi) is 3.33. The predicted octanol–water partition coefficient (Wildman–Crippen LogP) is 2.37. The molecule has 4 unspecified atom stereocenters. The zero-order valence-corrected chi connectivity index (χ0v) is 11.2. The molecule has 0 aromatic heterocycles. The lowest BCUT2D eigenvalue weighted by atomic mass is 9.87. The fraction of sp³-hybridized carbons (Fsp3) is 1.00. The molecule has 0 spiro atoms. The molecule has 2 heteroatoms. The summed E-state index contributed by atoms with van der Waals surface area (Å²) in [6.07, 6.45) is 3.67. The Morgan fingerprint density at radius 3 is 2.25 bits per heavy atom. The Morgan fingerprint density at radius 1 is 1.25 bits per heavy atom. The van der Waals surface area contributed by atoms with E-state index in [4.69, 9.17) is 0 Å². The van der Waals surface area contributed by atoms with Crippen LogP contribution in [0.3, 0.4) is 0 Å². The van der Waals surface area contributed by atoms with E-state index in [1.54, 1.807) is 0 Å². The molecule has 2 aliphatic rings. The molecule has 1 N–H and O–H groups in total. The van der Waals surface area contributed by atoms with Gasteiger partial charge < -0.3 is 10.0 Å². The van der Waals surface area contributed by atoms with Crippen LogP contribution in [0.4, 0.5) is 0 Å². The van der Waals surface area contributed by atoms with Crippen LogP contribution in [0.25, 0.3) is 0 Å². The normalized spacial score (nSPS) is 41.6. The smallest absolute Gasteiger partial charge is 0.0631 e. The molecule has 94 valence electrons. The summed E-state index contributed by atoms with van der Waals surface area (Å²) in [6.45, 7) is 9.03. The average molecular weight is 225 g/mol. The number of hydrogen-bond donors (Lipinski definition) is 1. The lowest BCUT2D eigenvalue weighted by Crippen LogP contribution is -2.35. The first-order valence-corrected chi connectivity index (χ1v) is 6.77. The fourth-order valence-electron chi connectivity index (χ4n) is 3.22. The topological polar surface area (TPSA) is 23.5 Å². The van der Waals surface area contributed by atoms with Gasteiger partial charge in [-0.05, 0) is 49.5 Å². The third-order valence-electron chi connectivity index (χ3n) is 4.78. The third-order valence-corrected chi connectivity index (χ3v) is 4.78. The molecule has 2 nitrogen and oxygen atoms in total. The summed E-state index contributed by atoms with van der Waals surface area (Å²) >= 11 is 0. The first-order valence-electron chi connectivity index (χ1n) is 6.77. The zero-order valence-electron chi connectivity index (χ0n) is 11.2. The van der Waals surface area contributed by atoms with Crippen molar-refractivity contribution in [3.05, 3.63) is 0 Å². The van der Waals surface area contributed by atoms with Crippen LogP contribution in [-0.4, -0.2) is 36.2 Å². The van der Waals surface area contributed by atoms with Gasteiger partial charge in [0.15, 0.2) is 0 Å². The van der Waals surface area contributed by atoms with Crippen molar-refractivity contribution in [1.82, 2.24) is 4.90 Å². The molecule has 2 aliphatic carbocycles. The highest BCUT2D eigenvalue weighted by molar-refractivity contribution is 4.93. The van der Waals surface area contributed by atoms with E-state index in [0.29, 0.717) is 5.92 Å². The maximum atomic E-state index is 10.2. The lowest BCUT2D eigenvalue weighted by molar-refractivity contribution is 0.0350. The molecule has 2 fully saturated rings. The Labute approximate surface area is 100 Å². The lowest BCUT2D eigenvalue weighted by Gasteiger charge is -2.28. The van der Waals surface area contributed by atoms with Gasteiger partial charge in [0.05, 0.1) is 6.10 Å². The van der Waals surface area contributed by atoms with Crippen LogP contribution in [-0.2, 0) is 0 Å². The highest BCUT2D eigenvalue weighted by atomic mass is 16.3. The van der Waals surface area contributed by atoms with Gasteiger partial charge in [0, 0.05) is 13.1 Å². The van der Waals surface area contributed by atoms with Crippen LogP contribution in [0, 0.1) is 23.2 Å². The van der Waals surface area contributed by atoms with Crippen LogP contribution >= 0.6 is 0 Å². The van der Waals surface area contributed by atoms with Gasteiger partial charge in [-0.15, -0.1) is 0 Å². The molecule has 0 aliphatic heterocycles. The summed E-state index contributed by atoms with van der Waals surface area (Å²) in [6, 6.07) is 0. The molecule has 0 amide bonds. The maximum absolute atomic E-state index is 10.2. The molecule has 0 heterocycles. The molecule has 0 radical (unpaired) electrons. The van der Waals surface area contributed by atoms with Gasteiger partial charge in [0.2, 0.25) is 0 Å². The van der Waals surface area contributed by atoms with Gasteiger partial charge in [-0.1, -0.05) is 20.8 Å². The second kappa shape index (κ2) is 4.30. The monoisotopic (exact) mass is 225 g/mol. The summed E-state index contributed by atoms with van der Waals surface area (Å²) in [5.41, 5.74) is 0.137. The number of hydrogen-bond acceptors (Lipinski definition) is 2. The van der Waals surface area contributed by atoms with Gasteiger partial charge in [0.1, 0.15) is 0 Å². The van der Waals surface area contributed by atoms with E-state index in [1.165, 1.54) is 25.8 Å². The summed E-state index contributed by atoms with van der Waals surface area (Å²) in [7, 11) is 2.21. The minimum atomic E-state index is -0.105. The van der Waals surface area contributed by atoms with E-state index < -0.39 is 0 Å². The van der Waals surface area contributed by atoms with Crippen LogP contribution in [0.5, 0.6) is 0 Å². The van der Waals surface area contributed by atoms with Crippen molar-refractivity contribution in [1.29, 1.82) is 0 Å². The van der Waals surface area contributed by atoms with Crippen LogP contribution in [0.1, 0.15) is 40.0 Å². The van der Waals surface area contributed by atoms with Crippen LogP contribution < -0.4 is 0 Å². The van der Waals surface area contributed by atoms with Gasteiger partial charge in [-0.25, -0.2) is 0 Å². The molecule has 0 aromatic carbocycles. The number of aliphatic hydroxyl groups excluding tert-OH is 1. The van der Waals surface area contributed by atoms with E-state index in [-0.39, 0.29) is 11.5 Å². The van der Waals surface area contributed by atoms with Crippen molar-refractivity contribution >= 4 is 0 Å². The molecule has 0 aromatic rings. The van der Waals surface area contributed by atoms with Crippen molar-refractivity contribution in [3.8, 4) is 0 Å². The molecule has 2 saturated carbocycles.